The normalized spacial score (nSPS) is 19.2. The first-order chi connectivity index (χ1) is 7.18. The molecule has 0 aliphatic carbocycles. The molecule has 2 heterocycles. The number of H-pyrrole nitrogens is 1. The molecular weight excluding hydrogens is 220 g/mol. The van der Waals surface area contributed by atoms with Crippen molar-refractivity contribution in [3.05, 3.63) is 12.4 Å². The lowest BCUT2D eigenvalue weighted by Gasteiger charge is -2.26. The lowest BCUT2D eigenvalue weighted by atomic mass is 10.5. The van der Waals surface area contributed by atoms with Crippen LogP contribution in [0.2, 0.25) is 0 Å². The summed E-state index contributed by atoms with van der Waals surface area (Å²) in [5.74, 6) is 0. The molecule has 2 rings (SSSR count). The van der Waals surface area contributed by atoms with Gasteiger partial charge >= 0.3 is 0 Å². The van der Waals surface area contributed by atoms with Gasteiger partial charge in [0.05, 0.1) is 19.4 Å². The minimum Gasteiger partial charge on any atom is -0.379 e. The molecule has 1 aliphatic heterocycles. The van der Waals surface area contributed by atoms with Crippen LogP contribution in [0.3, 0.4) is 0 Å². The Labute approximate surface area is 87.4 Å². The molecule has 0 atom stereocenters. The predicted octanol–water partition coefficient (Wildman–Crippen LogP) is -1.06. The van der Waals surface area contributed by atoms with Crippen LogP contribution in [-0.2, 0) is 14.8 Å². The van der Waals surface area contributed by atoms with Gasteiger partial charge in [0.1, 0.15) is 4.90 Å². The Hall–Kier alpha value is -0.960. The molecule has 1 aliphatic rings. The van der Waals surface area contributed by atoms with E-state index >= 15 is 0 Å². The number of aromatic amines is 1. The van der Waals surface area contributed by atoms with Gasteiger partial charge in [-0.05, 0) is 0 Å². The lowest BCUT2D eigenvalue weighted by Crippen LogP contribution is -2.48. The Morgan fingerprint density at radius 3 is 2.80 bits per heavy atom. The molecule has 1 saturated heterocycles. The molecule has 7 nitrogen and oxygen atoms in total. The summed E-state index contributed by atoms with van der Waals surface area (Å²) in [6.45, 7) is 2.18. The molecule has 0 amide bonds. The molecule has 84 valence electrons. The van der Waals surface area contributed by atoms with Gasteiger partial charge < -0.3 is 4.74 Å². The molecule has 0 saturated carbocycles. The molecule has 0 bridgehead atoms. The maximum atomic E-state index is 11.7. The van der Waals surface area contributed by atoms with E-state index < -0.39 is 10.0 Å². The average Bonchev–Trinajstić information content (AvgIpc) is 2.71. The van der Waals surface area contributed by atoms with E-state index in [0.717, 1.165) is 0 Å². The first-order valence-electron chi connectivity index (χ1n) is 4.52. The van der Waals surface area contributed by atoms with Crippen LogP contribution in [-0.4, -0.2) is 49.9 Å². The summed E-state index contributed by atoms with van der Waals surface area (Å²) < 4.78 is 28.5. The number of ether oxygens (including phenoxy) is 1. The number of hydrogen-bond acceptors (Lipinski definition) is 5. The number of sulfonamides is 1. The number of aromatic nitrogens is 2. The van der Waals surface area contributed by atoms with Crippen molar-refractivity contribution in [3.8, 4) is 0 Å². The highest BCUT2D eigenvalue weighted by Crippen LogP contribution is 2.05. The van der Waals surface area contributed by atoms with Crippen molar-refractivity contribution >= 4 is 10.0 Å². The highest BCUT2D eigenvalue weighted by Gasteiger charge is 2.20. The van der Waals surface area contributed by atoms with Gasteiger partial charge in [0.2, 0.25) is 0 Å². The average molecular weight is 232 g/mol. The zero-order chi connectivity index (χ0) is 10.7. The Kier molecular flexibility index (Phi) is 3.00. The van der Waals surface area contributed by atoms with E-state index in [-0.39, 0.29) is 4.90 Å². The van der Waals surface area contributed by atoms with Gasteiger partial charge in [0.15, 0.2) is 0 Å². The first-order valence-corrected chi connectivity index (χ1v) is 6.01. The molecule has 1 aromatic heterocycles. The third kappa shape index (κ3) is 2.53. The third-order valence-electron chi connectivity index (χ3n) is 2.04. The van der Waals surface area contributed by atoms with Crippen LogP contribution >= 0.6 is 0 Å². The summed E-state index contributed by atoms with van der Waals surface area (Å²) in [5, 5.41) is 7.67. The molecule has 15 heavy (non-hydrogen) atoms. The van der Waals surface area contributed by atoms with Crippen molar-refractivity contribution in [2.45, 2.75) is 4.90 Å². The number of nitrogens with zero attached hydrogens (tertiary/aromatic N) is 2. The minimum atomic E-state index is -3.49. The molecule has 0 aromatic carbocycles. The minimum absolute atomic E-state index is 0.133. The summed E-state index contributed by atoms with van der Waals surface area (Å²) in [5.41, 5.74) is 0. The standard InChI is InChI=1S/C7H12N4O3S/c12-15(13,7-5-8-9-6-7)10-11-1-3-14-4-2-11/h5-6,10H,1-4H2,(H,8,9). The highest BCUT2D eigenvalue weighted by molar-refractivity contribution is 7.89. The maximum Gasteiger partial charge on any atom is 0.256 e. The SMILES string of the molecule is O=S(=O)(NN1CCOCC1)c1cn[nH]c1. The van der Waals surface area contributed by atoms with Crippen LogP contribution in [0.1, 0.15) is 0 Å². The number of nitrogens with one attached hydrogen (secondary N) is 2. The molecule has 1 aromatic rings. The van der Waals surface area contributed by atoms with E-state index in [2.05, 4.69) is 15.0 Å². The summed E-state index contributed by atoms with van der Waals surface area (Å²) >= 11 is 0. The second-order valence-corrected chi connectivity index (χ2v) is 4.79. The quantitative estimate of drug-likeness (QED) is 0.693. The Morgan fingerprint density at radius 2 is 2.20 bits per heavy atom. The number of rotatable bonds is 3. The summed E-state index contributed by atoms with van der Waals surface area (Å²) in [7, 11) is -3.49. The Balaban J connectivity index is 2.04. The van der Waals surface area contributed by atoms with Crippen LogP contribution < -0.4 is 4.83 Å². The van der Waals surface area contributed by atoms with Crippen LogP contribution in [0, 0.1) is 0 Å². The topological polar surface area (TPSA) is 87.3 Å². The van der Waals surface area contributed by atoms with Crippen LogP contribution in [0.25, 0.3) is 0 Å². The number of hydrazine groups is 1. The van der Waals surface area contributed by atoms with E-state index in [1.807, 2.05) is 0 Å². The van der Waals surface area contributed by atoms with E-state index in [4.69, 9.17) is 4.74 Å². The monoisotopic (exact) mass is 232 g/mol. The van der Waals surface area contributed by atoms with Crippen LogP contribution in [0.15, 0.2) is 17.3 Å². The fourth-order valence-electron chi connectivity index (χ4n) is 1.26. The van der Waals surface area contributed by atoms with E-state index in [1.165, 1.54) is 12.4 Å². The van der Waals surface area contributed by atoms with Crippen molar-refractivity contribution in [1.82, 2.24) is 20.0 Å². The summed E-state index contributed by atoms with van der Waals surface area (Å²) in [6, 6.07) is 0. The Bertz CT molecular complexity index is 396. The molecule has 1 fully saturated rings. The van der Waals surface area contributed by atoms with Crippen molar-refractivity contribution in [3.63, 3.8) is 0 Å². The Morgan fingerprint density at radius 1 is 1.47 bits per heavy atom. The summed E-state index contributed by atoms with van der Waals surface area (Å²) in [6.07, 6.45) is 2.60. The highest BCUT2D eigenvalue weighted by atomic mass is 32.2. The molecule has 2 N–H and O–H groups in total. The number of morpholine rings is 1. The zero-order valence-corrected chi connectivity index (χ0v) is 8.83. The van der Waals surface area contributed by atoms with Gasteiger partial charge in [-0.2, -0.15) is 5.10 Å². The van der Waals surface area contributed by atoms with Gasteiger partial charge in [0, 0.05) is 19.3 Å². The third-order valence-corrected chi connectivity index (χ3v) is 3.39. The first kappa shape index (κ1) is 10.6. The van der Waals surface area contributed by atoms with Crippen LogP contribution in [0.5, 0.6) is 0 Å². The molecule has 0 radical (unpaired) electrons. The van der Waals surface area contributed by atoms with E-state index in [1.54, 1.807) is 5.01 Å². The van der Waals surface area contributed by atoms with Gasteiger partial charge in [-0.1, -0.05) is 0 Å². The lowest BCUT2D eigenvalue weighted by molar-refractivity contribution is 0.0272. The molecular formula is C7H12N4O3S. The second kappa shape index (κ2) is 4.27. The van der Waals surface area contributed by atoms with Gasteiger partial charge in [0.25, 0.3) is 10.0 Å². The van der Waals surface area contributed by atoms with Crippen molar-refractivity contribution in [2.24, 2.45) is 0 Å². The smallest absolute Gasteiger partial charge is 0.256 e. The largest absolute Gasteiger partial charge is 0.379 e. The molecule has 0 unspecified atom stereocenters. The van der Waals surface area contributed by atoms with Crippen molar-refractivity contribution in [1.29, 1.82) is 0 Å². The van der Waals surface area contributed by atoms with Crippen molar-refractivity contribution < 1.29 is 13.2 Å². The fourth-order valence-corrected chi connectivity index (χ4v) is 2.29. The zero-order valence-electron chi connectivity index (χ0n) is 8.01. The molecule has 8 heteroatoms. The van der Waals surface area contributed by atoms with Crippen LogP contribution in [0.4, 0.5) is 0 Å². The van der Waals surface area contributed by atoms with Gasteiger partial charge in [-0.25, -0.2) is 13.4 Å². The summed E-state index contributed by atoms with van der Waals surface area (Å²) in [4.78, 5) is 2.60. The second-order valence-electron chi connectivity index (χ2n) is 3.13. The van der Waals surface area contributed by atoms with Gasteiger partial charge in [-0.15, -0.1) is 4.83 Å². The van der Waals surface area contributed by atoms with Gasteiger partial charge in [-0.3, -0.25) is 5.10 Å². The predicted molar refractivity (Wildman–Crippen MR) is 51.3 cm³/mol. The molecule has 0 spiro atoms. The van der Waals surface area contributed by atoms with Crippen molar-refractivity contribution in [2.75, 3.05) is 26.3 Å². The van der Waals surface area contributed by atoms with E-state index in [9.17, 15) is 8.42 Å². The maximum absolute atomic E-state index is 11.7. The number of hydrogen-bond donors (Lipinski definition) is 2. The van der Waals surface area contributed by atoms with E-state index in [0.29, 0.717) is 26.3 Å². The fraction of sp³-hybridized carbons (Fsp3) is 0.571.